The average Bonchev–Trinajstić information content (AvgIpc) is 2.61. The summed E-state index contributed by atoms with van der Waals surface area (Å²) in [5, 5.41) is 13.8. The van der Waals surface area contributed by atoms with Crippen molar-refractivity contribution in [2.75, 3.05) is 6.54 Å². The van der Waals surface area contributed by atoms with Crippen LogP contribution >= 0.6 is 12.4 Å². The minimum Gasteiger partial charge on any atom is -0.355 e. The number of hydrogen-bond donors (Lipinski definition) is 2. The van der Waals surface area contributed by atoms with Crippen LogP contribution in [0.2, 0.25) is 0 Å². The van der Waals surface area contributed by atoms with Gasteiger partial charge in [0.15, 0.2) is 0 Å². The summed E-state index contributed by atoms with van der Waals surface area (Å²) in [4.78, 5) is 22.8. The van der Waals surface area contributed by atoms with Crippen molar-refractivity contribution in [3.8, 4) is 0 Å². The van der Waals surface area contributed by atoms with Crippen LogP contribution in [0.3, 0.4) is 0 Å². The van der Waals surface area contributed by atoms with Crippen LogP contribution in [0.15, 0.2) is 54.6 Å². The number of benzene rings is 2. The fraction of sp³-hybridized carbons (Fsp3) is 0.278. The summed E-state index contributed by atoms with van der Waals surface area (Å²) in [5.41, 5.74) is 7.71. The number of halogens is 1. The summed E-state index contributed by atoms with van der Waals surface area (Å²) in [5.74, 6) is -0.553. The number of amides is 1. The Bertz CT molecular complexity index is 710. The van der Waals surface area contributed by atoms with E-state index >= 15 is 0 Å². The van der Waals surface area contributed by atoms with E-state index in [2.05, 4.69) is 5.32 Å². The summed E-state index contributed by atoms with van der Waals surface area (Å²) in [7, 11) is 0. The van der Waals surface area contributed by atoms with Crippen LogP contribution < -0.4 is 11.1 Å². The van der Waals surface area contributed by atoms with Crippen LogP contribution in [0.5, 0.6) is 0 Å². The van der Waals surface area contributed by atoms with Crippen molar-refractivity contribution < 1.29 is 9.72 Å². The number of nitrogens with zero attached hydrogens (tertiary/aromatic N) is 1. The first-order valence-corrected chi connectivity index (χ1v) is 7.81. The number of nitro benzene ring substituents is 1. The van der Waals surface area contributed by atoms with Gasteiger partial charge in [-0.2, -0.15) is 0 Å². The average molecular weight is 364 g/mol. The zero-order chi connectivity index (χ0) is 17.5. The second kappa shape index (κ2) is 9.76. The minimum atomic E-state index is -0.412. The van der Waals surface area contributed by atoms with Gasteiger partial charge >= 0.3 is 0 Å². The fourth-order valence-corrected chi connectivity index (χ4v) is 2.51. The van der Waals surface area contributed by atoms with Crippen molar-refractivity contribution in [3.05, 3.63) is 75.8 Å². The van der Waals surface area contributed by atoms with Gasteiger partial charge in [-0.3, -0.25) is 14.9 Å². The summed E-state index contributed by atoms with van der Waals surface area (Å²) >= 11 is 0. The molecule has 0 aliphatic carbocycles. The molecule has 25 heavy (non-hydrogen) atoms. The molecule has 0 aliphatic rings. The lowest BCUT2D eigenvalue weighted by atomic mass is 9.94. The van der Waals surface area contributed by atoms with Gasteiger partial charge in [-0.15, -0.1) is 12.4 Å². The summed E-state index contributed by atoms with van der Waals surface area (Å²) in [6.45, 7) is 2.10. The first kappa shape index (κ1) is 20.6. The second-order valence-corrected chi connectivity index (χ2v) is 5.65. The molecule has 0 radical (unpaired) electrons. The SMILES string of the molecule is CC(C(=O)NCCc1ccccc1[N+](=O)[O-])C(N)c1ccccc1.Cl. The van der Waals surface area contributed by atoms with E-state index in [1.807, 2.05) is 30.3 Å². The largest absolute Gasteiger partial charge is 0.355 e. The van der Waals surface area contributed by atoms with Crippen molar-refractivity contribution in [1.29, 1.82) is 0 Å². The highest BCUT2D eigenvalue weighted by Gasteiger charge is 2.22. The molecule has 7 heteroatoms. The van der Waals surface area contributed by atoms with Gasteiger partial charge in [0.05, 0.1) is 10.8 Å². The maximum atomic E-state index is 12.2. The molecule has 0 bridgehead atoms. The van der Waals surface area contributed by atoms with Crippen molar-refractivity contribution >= 4 is 24.0 Å². The van der Waals surface area contributed by atoms with Crippen molar-refractivity contribution in [2.24, 2.45) is 11.7 Å². The number of carbonyl (C=O) groups is 1. The molecule has 2 rings (SSSR count). The molecule has 134 valence electrons. The molecular formula is C18H22ClN3O3. The Hall–Kier alpha value is -2.44. The Morgan fingerprint density at radius 3 is 2.40 bits per heavy atom. The first-order valence-electron chi connectivity index (χ1n) is 7.81. The quantitative estimate of drug-likeness (QED) is 0.583. The monoisotopic (exact) mass is 363 g/mol. The molecule has 0 saturated heterocycles. The standard InChI is InChI=1S/C18H21N3O3.ClH/c1-13(17(19)15-8-3-2-4-9-15)18(22)20-12-11-14-7-5-6-10-16(14)21(23)24;/h2-10,13,17H,11-12,19H2,1H3,(H,20,22);1H. The zero-order valence-electron chi connectivity index (χ0n) is 13.9. The van der Waals surface area contributed by atoms with Crippen LogP contribution in [0.4, 0.5) is 5.69 Å². The predicted molar refractivity (Wildman–Crippen MR) is 99.6 cm³/mol. The molecule has 1 amide bonds. The lowest BCUT2D eigenvalue weighted by molar-refractivity contribution is -0.385. The molecule has 6 nitrogen and oxygen atoms in total. The number of rotatable bonds is 7. The number of para-hydroxylation sites is 1. The lowest BCUT2D eigenvalue weighted by Gasteiger charge is -2.19. The van der Waals surface area contributed by atoms with Gasteiger partial charge in [0, 0.05) is 24.2 Å². The summed E-state index contributed by atoms with van der Waals surface area (Å²) in [6.07, 6.45) is 0.399. The minimum absolute atomic E-state index is 0. The molecule has 2 atom stereocenters. The van der Waals surface area contributed by atoms with Crippen LogP contribution in [0.25, 0.3) is 0 Å². The molecule has 0 aliphatic heterocycles. The summed E-state index contributed by atoms with van der Waals surface area (Å²) in [6, 6.07) is 15.6. The lowest BCUT2D eigenvalue weighted by Crippen LogP contribution is -2.36. The molecule has 3 N–H and O–H groups in total. The molecule has 0 aromatic heterocycles. The number of hydrogen-bond acceptors (Lipinski definition) is 4. The number of carbonyl (C=O) groups excluding carboxylic acids is 1. The van der Waals surface area contributed by atoms with E-state index < -0.39 is 16.9 Å². The first-order chi connectivity index (χ1) is 11.5. The molecule has 0 saturated carbocycles. The van der Waals surface area contributed by atoms with E-state index in [1.54, 1.807) is 25.1 Å². The molecule has 0 spiro atoms. The second-order valence-electron chi connectivity index (χ2n) is 5.65. The van der Waals surface area contributed by atoms with Gasteiger partial charge in [-0.05, 0) is 12.0 Å². The fourth-order valence-electron chi connectivity index (χ4n) is 2.51. The number of nitro groups is 1. The highest BCUT2D eigenvalue weighted by molar-refractivity contribution is 5.85. The van der Waals surface area contributed by atoms with Gasteiger partial charge < -0.3 is 11.1 Å². The molecule has 0 fully saturated rings. The van der Waals surface area contributed by atoms with E-state index in [0.29, 0.717) is 18.5 Å². The Morgan fingerprint density at radius 2 is 1.76 bits per heavy atom. The van der Waals surface area contributed by atoms with Crippen LogP contribution in [-0.4, -0.2) is 17.4 Å². The van der Waals surface area contributed by atoms with Gasteiger partial charge in [-0.25, -0.2) is 0 Å². The smallest absolute Gasteiger partial charge is 0.272 e. The van der Waals surface area contributed by atoms with E-state index in [-0.39, 0.29) is 24.0 Å². The van der Waals surface area contributed by atoms with Gasteiger partial charge in [0.25, 0.3) is 5.69 Å². The molecule has 2 aromatic carbocycles. The van der Waals surface area contributed by atoms with Gasteiger partial charge in [0.2, 0.25) is 5.91 Å². The topological polar surface area (TPSA) is 98.3 Å². The third kappa shape index (κ3) is 5.55. The van der Waals surface area contributed by atoms with Crippen LogP contribution in [0.1, 0.15) is 24.1 Å². The third-order valence-electron chi connectivity index (χ3n) is 4.02. The van der Waals surface area contributed by atoms with Gasteiger partial charge in [0.1, 0.15) is 0 Å². The Morgan fingerprint density at radius 1 is 1.16 bits per heavy atom. The van der Waals surface area contributed by atoms with E-state index in [4.69, 9.17) is 5.73 Å². The van der Waals surface area contributed by atoms with E-state index in [1.165, 1.54) is 6.07 Å². The van der Waals surface area contributed by atoms with Crippen LogP contribution in [0, 0.1) is 16.0 Å². The molecular weight excluding hydrogens is 342 g/mol. The highest BCUT2D eigenvalue weighted by atomic mass is 35.5. The highest BCUT2D eigenvalue weighted by Crippen LogP contribution is 2.20. The Labute approximate surface area is 153 Å². The van der Waals surface area contributed by atoms with E-state index in [0.717, 1.165) is 5.56 Å². The Balaban J connectivity index is 0.00000312. The molecule has 2 unspecified atom stereocenters. The number of nitrogens with two attached hydrogens (primary N) is 1. The molecule has 0 heterocycles. The number of nitrogens with one attached hydrogen (secondary N) is 1. The van der Waals surface area contributed by atoms with E-state index in [9.17, 15) is 14.9 Å². The maximum absolute atomic E-state index is 12.2. The predicted octanol–water partition coefficient (Wildman–Crippen LogP) is 3.01. The summed E-state index contributed by atoms with van der Waals surface area (Å²) < 4.78 is 0. The normalized spacial score (nSPS) is 12.6. The maximum Gasteiger partial charge on any atom is 0.272 e. The van der Waals surface area contributed by atoms with Crippen molar-refractivity contribution in [3.63, 3.8) is 0 Å². The molecule has 2 aromatic rings. The Kier molecular flexibility index (Phi) is 8.04. The zero-order valence-corrected chi connectivity index (χ0v) is 14.7. The van der Waals surface area contributed by atoms with Crippen LogP contribution in [-0.2, 0) is 11.2 Å². The van der Waals surface area contributed by atoms with Gasteiger partial charge in [-0.1, -0.05) is 55.5 Å². The van der Waals surface area contributed by atoms with Crippen molar-refractivity contribution in [2.45, 2.75) is 19.4 Å². The van der Waals surface area contributed by atoms with Crippen molar-refractivity contribution in [1.82, 2.24) is 5.32 Å². The third-order valence-corrected chi connectivity index (χ3v) is 4.02.